The summed E-state index contributed by atoms with van der Waals surface area (Å²) in [6.07, 6.45) is -5.69. The summed E-state index contributed by atoms with van der Waals surface area (Å²) in [5.41, 5.74) is -2.49. The van der Waals surface area contributed by atoms with Crippen LogP contribution in [-0.2, 0) is 18.9 Å². The van der Waals surface area contributed by atoms with Gasteiger partial charge >= 0.3 is 0 Å². The van der Waals surface area contributed by atoms with Crippen molar-refractivity contribution in [2.75, 3.05) is 19.8 Å². The Morgan fingerprint density at radius 2 is 1.35 bits per heavy atom. The molecule has 0 radical (unpaired) electrons. The molecule has 6 fully saturated rings. The van der Waals surface area contributed by atoms with Crippen LogP contribution in [0.5, 0.6) is 0 Å². The number of hydrogen-bond donors (Lipinski definition) is 10. The summed E-state index contributed by atoms with van der Waals surface area (Å²) in [5.74, 6) is -1.55. The van der Waals surface area contributed by atoms with Gasteiger partial charge in [0.2, 0.25) is 0 Å². The number of fused-ring (bicyclic) bond motifs is 5. The van der Waals surface area contributed by atoms with Crippen molar-refractivity contribution in [3.63, 3.8) is 0 Å². The summed E-state index contributed by atoms with van der Waals surface area (Å²) >= 11 is 0. The molecule has 0 amide bonds. The van der Waals surface area contributed by atoms with Crippen molar-refractivity contribution < 1.29 is 70.0 Å². The topological polar surface area (TPSA) is 239 Å². The molecule has 2 aliphatic heterocycles. The zero-order chi connectivity index (χ0) is 37.2. The maximum atomic E-state index is 12.7. The predicted molar refractivity (Wildman–Crippen MR) is 179 cm³/mol. The van der Waals surface area contributed by atoms with Crippen molar-refractivity contribution in [2.45, 2.75) is 152 Å². The van der Waals surface area contributed by atoms with Crippen molar-refractivity contribution >= 4 is 0 Å². The first kappa shape index (κ1) is 39.9. The van der Waals surface area contributed by atoms with Crippen LogP contribution >= 0.6 is 0 Å². The molecule has 0 unspecified atom stereocenters. The Hall–Kier alpha value is -0.820. The summed E-state index contributed by atoms with van der Waals surface area (Å²) in [4.78, 5) is 0. The second kappa shape index (κ2) is 15.0. The lowest BCUT2D eigenvalue weighted by atomic mass is 9.42. The summed E-state index contributed by atoms with van der Waals surface area (Å²) < 4.78 is 22.6. The first-order chi connectivity index (χ1) is 23.9. The van der Waals surface area contributed by atoms with Crippen molar-refractivity contribution in [2.24, 2.45) is 46.3 Å². The van der Waals surface area contributed by atoms with E-state index in [4.69, 9.17) is 18.9 Å². The Morgan fingerprint density at radius 1 is 0.745 bits per heavy atom. The minimum atomic E-state index is -1.41. The van der Waals surface area contributed by atoms with Crippen LogP contribution in [0.4, 0.5) is 0 Å². The highest BCUT2D eigenvalue weighted by Gasteiger charge is 2.72. The van der Waals surface area contributed by atoms with E-state index in [2.05, 4.69) is 13.8 Å². The van der Waals surface area contributed by atoms with Gasteiger partial charge in [-0.1, -0.05) is 39.8 Å². The summed E-state index contributed by atoms with van der Waals surface area (Å²) in [6, 6.07) is 0. The maximum absolute atomic E-state index is 12.7. The largest absolute Gasteiger partial charge is 0.393 e. The molecule has 4 saturated carbocycles. The fraction of sp³-hybridized carbons (Fsp3) is 0.946. The molecule has 2 heterocycles. The Balaban J connectivity index is 1.10. The number of allylic oxidation sites excluding steroid dienone is 2. The predicted octanol–water partition coefficient (Wildman–Crippen LogP) is -0.829. The zero-order valence-electron chi connectivity index (χ0n) is 30.2. The van der Waals surface area contributed by atoms with Gasteiger partial charge in [-0.25, -0.2) is 0 Å². The van der Waals surface area contributed by atoms with Gasteiger partial charge in [0.25, 0.3) is 0 Å². The van der Waals surface area contributed by atoms with Gasteiger partial charge in [-0.05, 0) is 78.9 Å². The first-order valence-electron chi connectivity index (χ1n) is 19.0. The lowest BCUT2D eigenvalue weighted by molar-refractivity contribution is -0.300. The van der Waals surface area contributed by atoms with E-state index in [1.54, 1.807) is 0 Å². The van der Waals surface area contributed by atoms with Gasteiger partial charge in [-0.2, -0.15) is 0 Å². The van der Waals surface area contributed by atoms with E-state index in [0.717, 1.165) is 0 Å². The molecule has 0 aromatic carbocycles. The highest BCUT2D eigenvalue weighted by Crippen LogP contribution is 2.69. The zero-order valence-corrected chi connectivity index (χ0v) is 30.2. The molecule has 51 heavy (non-hydrogen) atoms. The van der Waals surface area contributed by atoms with Crippen LogP contribution in [0.15, 0.2) is 12.2 Å². The minimum absolute atomic E-state index is 0.0319. The monoisotopic (exact) mass is 730 g/mol. The molecule has 10 N–H and O–H groups in total. The molecular weight excluding hydrogens is 668 g/mol. The van der Waals surface area contributed by atoms with Gasteiger partial charge in [-0.15, -0.1) is 0 Å². The second-order valence-corrected chi connectivity index (χ2v) is 17.5. The van der Waals surface area contributed by atoms with E-state index >= 15 is 0 Å². The van der Waals surface area contributed by atoms with Gasteiger partial charge in [0.05, 0.1) is 49.8 Å². The van der Waals surface area contributed by atoms with Crippen molar-refractivity contribution in [1.82, 2.24) is 0 Å². The number of aliphatic hydroxyl groups is 10. The summed E-state index contributed by atoms with van der Waals surface area (Å²) in [7, 11) is 0. The second-order valence-electron chi connectivity index (χ2n) is 17.5. The Morgan fingerprint density at radius 3 is 2.02 bits per heavy atom. The molecule has 0 spiro atoms. The van der Waals surface area contributed by atoms with Crippen LogP contribution in [0.3, 0.4) is 0 Å². The van der Waals surface area contributed by atoms with Gasteiger partial charge in [0.15, 0.2) is 12.6 Å². The highest BCUT2D eigenvalue weighted by atomic mass is 16.7. The fourth-order valence-electron chi connectivity index (χ4n) is 11.5. The average Bonchev–Trinajstić information content (AvgIpc) is 3.28. The van der Waals surface area contributed by atoms with E-state index in [1.165, 1.54) is 0 Å². The molecule has 14 heteroatoms. The van der Waals surface area contributed by atoms with E-state index in [9.17, 15) is 51.1 Å². The van der Waals surface area contributed by atoms with Crippen LogP contribution in [-0.4, -0.2) is 150 Å². The number of ether oxygens (including phenoxy) is 4. The fourth-order valence-corrected chi connectivity index (χ4v) is 11.5. The number of hydrogen-bond acceptors (Lipinski definition) is 14. The molecular formula is C37H62O14. The molecule has 4 aliphatic carbocycles. The molecule has 6 aliphatic rings. The van der Waals surface area contributed by atoms with Gasteiger partial charge in [0, 0.05) is 12.3 Å². The third-order valence-electron chi connectivity index (χ3n) is 14.1. The van der Waals surface area contributed by atoms with Crippen LogP contribution < -0.4 is 0 Å². The molecule has 294 valence electrons. The quantitative estimate of drug-likeness (QED) is 0.103. The Bertz CT molecular complexity index is 1220. The third kappa shape index (κ3) is 6.99. The van der Waals surface area contributed by atoms with Crippen LogP contribution in [0.1, 0.15) is 72.6 Å². The first-order valence-corrected chi connectivity index (χ1v) is 19.0. The summed E-state index contributed by atoms with van der Waals surface area (Å²) in [6.45, 7) is 8.12. The van der Waals surface area contributed by atoms with E-state index < -0.39 is 89.9 Å². The smallest absolute Gasteiger partial charge is 0.186 e. The molecule has 0 aromatic rings. The standard InChI is InChI=1S/C37H62O14/c1-17(14-48-33-30(45)26(41)22(39)15-49-33)6-5-7-18(2)25-28(43)29(44)32-36(25,4)11-9-24-35(3)10-8-19(12-20(35)21(38)13-37(24,32)47)51-34-31(46)27(42)23(40)16-50-34/h5,7,17-34,38-47H,6,8-16H2,1-4H3/b7-5+/t17-,18+,19-,20+,21-,22+,23-,24-,25-,26-,27-,28+,29+,30+,31+,32+,33+,34-,35-,36+,37-/m0/s1. The van der Waals surface area contributed by atoms with Crippen molar-refractivity contribution in [1.29, 1.82) is 0 Å². The van der Waals surface area contributed by atoms with E-state index in [1.807, 2.05) is 26.0 Å². The molecule has 0 bridgehead atoms. The molecule has 14 nitrogen and oxygen atoms in total. The molecule has 21 atom stereocenters. The third-order valence-corrected chi connectivity index (χ3v) is 14.1. The normalized spacial score (nSPS) is 54.4. The van der Waals surface area contributed by atoms with E-state index in [0.29, 0.717) is 38.5 Å². The van der Waals surface area contributed by atoms with Gasteiger partial charge < -0.3 is 70.0 Å². The van der Waals surface area contributed by atoms with Gasteiger partial charge in [0.1, 0.15) is 36.6 Å². The van der Waals surface area contributed by atoms with Crippen molar-refractivity contribution in [3.05, 3.63) is 12.2 Å². The number of aliphatic hydroxyl groups excluding tert-OH is 9. The SMILES string of the molecule is C[C@@H](C/C=C/[C@@H](C)[C@H]1[C@@H](O)[C@@H](O)[C@@H]2[C@]1(C)CC[C@H]1[C@@]3(C)CC[C@H](O[C@@H]4OC[C@H](O)[C@H](O)[C@H]4O)C[C@@H]3[C@@H](O)C[C@@]21O)CO[C@@H]1OC[C@@H](O)[C@H](O)[C@H]1O. The molecule has 6 rings (SSSR count). The lowest BCUT2D eigenvalue weighted by Gasteiger charge is -2.66. The highest BCUT2D eigenvalue weighted by molar-refractivity contribution is 5.22. The maximum Gasteiger partial charge on any atom is 0.186 e. The lowest BCUT2D eigenvalue weighted by Crippen LogP contribution is -2.69. The van der Waals surface area contributed by atoms with Crippen LogP contribution in [0.2, 0.25) is 0 Å². The molecule has 2 saturated heterocycles. The number of rotatable bonds is 9. The minimum Gasteiger partial charge on any atom is -0.393 e. The Kier molecular flexibility index (Phi) is 11.7. The van der Waals surface area contributed by atoms with Crippen LogP contribution in [0, 0.1) is 46.3 Å². The Labute approximate surface area is 300 Å². The molecule has 0 aromatic heterocycles. The van der Waals surface area contributed by atoms with Crippen LogP contribution in [0.25, 0.3) is 0 Å². The van der Waals surface area contributed by atoms with E-state index in [-0.39, 0.29) is 61.9 Å². The van der Waals surface area contributed by atoms with Gasteiger partial charge in [-0.3, -0.25) is 0 Å². The summed E-state index contributed by atoms with van der Waals surface area (Å²) in [5, 5.41) is 108. The average molecular weight is 731 g/mol. The van der Waals surface area contributed by atoms with Crippen molar-refractivity contribution in [3.8, 4) is 0 Å².